The number of fused-ring (bicyclic) bond motifs is 1. The van der Waals surface area contributed by atoms with E-state index in [-0.39, 0.29) is 5.91 Å². The minimum atomic E-state index is -2.43. The molecule has 1 N–H and O–H groups in total. The molecule has 1 aliphatic heterocycles. The summed E-state index contributed by atoms with van der Waals surface area (Å²) in [6.07, 6.45) is 0.869. The number of nitrogens with zero attached hydrogens (tertiary/aromatic N) is 1. The van der Waals surface area contributed by atoms with Crippen molar-refractivity contribution in [2.24, 2.45) is 0 Å². The van der Waals surface area contributed by atoms with Gasteiger partial charge < -0.3 is 10.2 Å². The molecular formula is C18H18F2N2OS. The van der Waals surface area contributed by atoms with Crippen molar-refractivity contribution in [3.63, 3.8) is 0 Å². The van der Waals surface area contributed by atoms with Crippen molar-refractivity contribution in [3.05, 3.63) is 54.1 Å². The number of amides is 1. The van der Waals surface area contributed by atoms with Gasteiger partial charge in [0.25, 0.3) is 5.76 Å². The Labute approximate surface area is 144 Å². The Bertz CT molecular complexity index is 721. The fraction of sp³-hybridized carbons (Fsp3) is 0.278. The molecule has 1 aliphatic rings. The van der Waals surface area contributed by atoms with E-state index in [0.29, 0.717) is 23.2 Å². The quantitative estimate of drug-likeness (QED) is 0.814. The lowest BCUT2D eigenvalue weighted by Crippen LogP contribution is -2.40. The van der Waals surface area contributed by atoms with Gasteiger partial charge in [0, 0.05) is 22.8 Å². The van der Waals surface area contributed by atoms with E-state index in [1.807, 2.05) is 31.2 Å². The van der Waals surface area contributed by atoms with Gasteiger partial charge in [0.05, 0.1) is 0 Å². The first-order valence-electron chi connectivity index (χ1n) is 7.75. The molecule has 0 aliphatic carbocycles. The van der Waals surface area contributed by atoms with Crippen molar-refractivity contribution >= 4 is 29.0 Å². The number of thioether (sulfide) groups is 1. The van der Waals surface area contributed by atoms with E-state index < -0.39 is 11.8 Å². The summed E-state index contributed by atoms with van der Waals surface area (Å²) in [6.45, 7) is 2.50. The molecule has 2 aromatic carbocycles. The van der Waals surface area contributed by atoms with E-state index in [9.17, 15) is 13.6 Å². The predicted molar refractivity (Wildman–Crippen MR) is 93.9 cm³/mol. The van der Waals surface area contributed by atoms with Gasteiger partial charge in [-0.3, -0.25) is 4.79 Å². The SMILES string of the molecule is C[C@H](Nc1ccc(SC(F)F)cc1)C(=O)N1CCc2ccccc21. The van der Waals surface area contributed by atoms with Crippen molar-refractivity contribution in [3.8, 4) is 0 Å². The van der Waals surface area contributed by atoms with Gasteiger partial charge >= 0.3 is 0 Å². The van der Waals surface area contributed by atoms with E-state index in [1.165, 1.54) is 5.56 Å². The van der Waals surface area contributed by atoms with Crippen LogP contribution in [0.15, 0.2) is 53.4 Å². The number of benzene rings is 2. The summed E-state index contributed by atoms with van der Waals surface area (Å²) in [5, 5.41) is 3.14. The molecule has 0 radical (unpaired) electrons. The van der Waals surface area contributed by atoms with Crippen LogP contribution in [0.3, 0.4) is 0 Å². The zero-order valence-electron chi connectivity index (χ0n) is 13.2. The van der Waals surface area contributed by atoms with Gasteiger partial charge in [-0.05, 0) is 49.2 Å². The highest BCUT2D eigenvalue weighted by atomic mass is 32.2. The molecule has 0 unspecified atom stereocenters. The summed E-state index contributed by atoms with van der Waals surface area (Å²) in [5.74, 6) is -2.43. The number of rotatable bonds is 5. The molecule has 3 rings (SSSR count). The van der Waals surface area contributed by atoms with Gasteiger partial charge in [-0.2, -0.15) is 8.78 Å². The molecule has 3 nitrogen and oxygen atoms in total. The number of alkyl halides is 2. The Morgan fingerprint density at radius 1 is 1.17 bits per heavy atom. The van der Waals surface area contributed by atoms with Gasteiger partial charge in [-0.25, -0.2) is 0 Å². The average molecular weight is 348 g/mol. The van der Waals surface area contributed by atoms with Gasteiger partial charge in [0.1, 0.15) is 6.04 Å². The van der Waals surface area contributed by atoms with Crippen LogP contribution in [-0.4, -0.2) is 24.3 Å². The number of hydrogen-bond donors (Lipinski definition) is 1. The second-order valence-electron chi connectivity index (χ2n) is 5.64. The minimum Gasteiger partial charge on any atom is -0.374 e. The number of nitrogens with one attached hydrogen (secondary N) is 1. The van der Waals surface area contributed by atoms with E-state index in [4.69, 9.17) is 0 Å². The number of carbonyl (C=O) groups is 1. The maximum Gasteiger partial charge on any atom is 0.288 e. The second-order valence-corrected chi connectivity index (χ2v) is 6.70. The molecule has 6 heteroatoms. The Kier molecular flexibility index (Phi) is 5.04. The molecule has 24 heavy (non-hydrogen) atoms. The van der Waals surface area contributed by atoms with Crippen molar-refractivity contribution in [2.45, 2.75) is 30.0 Å². The van der Waals surface area contributed by atoms with E-state index in [1.54, 1.807) is 29.2 Å². The Balaban J connectivity index is 1.65. The highest BCUT2D eigenvalue weighted by molar-refractivity contribution is 7.99. The molecule has 1 amide bonds. The molecule has 0 fully saturated rings. The first-order chi connectivity index (χ1) is 11.5. The summed E-state index contributed by atoms with van der Waals surface area (Å²) in [6, 6.07) is 14.2. The van der Waals surface area contributed by atoms with E-state index in [2.05, 4.69) is 5.32 Å². The number of carbonyl (C=O) groups excluding carboxylic acids is 1. The van der Waals surface area contributed by atoms with Crippen LogP contribution in [0.25, 0.3) is 0 Å². The number of para-hydroxylation sites is 1. The molecule has 2 aromatic rings. The van der Waals surface area contributed by atoms with Crippen LogP contribution in [0.4, 0.5) is 20.2 Å². The smallest absolute Gasteiger partial charge is 0.288 e. The molecule has 0 saturated heterocycles. The van der Waals surface area contributed by atoms with Gasteiger partial charge in [0.15, 0.2) is 0 Å². The lowest BCUT2D eigenvalue weighted by Gasteiger charge is -2.23. The van der Waals surface area contributed by atoms with Crippen LogP contribution in [0, 0.1) is 0 Å². The van der Waals surface area contributed by atoms with Gasteiger partial charge in [0.2, 0.25) is 5.91 Å². The molecule has 0 aromatic heterocycles. The Morgan fingerprint density at radius 2 is 1.88 bits per heavy atom. The van der Waals surface area contributed by atoms with E-state index in [0.717, 1.165) is 17.8 Å². The second kappa shape index (κ2) is 7.21. The molecule has 1 atom stereocenters. The van der Waals surface area contributed by atoms with Crippen LogP contribution in [0.5, 0.6) is 0 Å². The number of halogens is 2. The standard InChI is InChI=1S/C18H18F2N2OS/c1-12(21-14-6-8-15(9-7-14)24-18(19)20)17(23)22-11-10-13-4-2-3-5-16(13)22/h2-9,12,18,21H,10-11H2,1H3/t12-/m0/s1. The normalized spacial score (nSPS) is 14.6. The van der Waals surface area contributed by atoms with Crippen LogP contribution in [0.2, 0.25) is 0 Å². The lowest BCUT2D eigenvalue weighted by molar-refractivity contribution is -0.118. The van der Waals surface area contributed by atoms with Crippen molar-refractivity contribution in [1.82, 2.24) is 0 Å². The first kappa shape index (κ1) is 16.8. The van der Waals surface area contributed by atoms with Crippen LogP contribution >= 0.6 is 11.8 Å². The minimum absolute atomic E-state index is 0.00554. The van der Waals surface area contributed by atoms with E-state index >= 15 is 0 Å². The first-order valence-corrected chi connectivity index (χ1v) is 8.63. The van der Waals surface area contributed by atoms with Gasteiger partial charge in [-0.1, -0.05) is 30.0 Å². The Hall–Kier alpha value is -2.08. The predicted octanol–water partition coefficient (Wildman–Crippen LogP) is 4.39. The maximum atomic E-state index is 12.7. The van der Waals surface area contributed by atoms with Crippen molar-refractivity contribution < 1.29 is 13.6 Å². The monoisotopic (exact) mass is 348 g/mol. The molecule has 0 spiro atoms. The summed E-state index contributed by atoms with van der Waals surface area (Å²) in [7, 11) is 0. The fourth-order valence-corrected chi connectivity index (χ4v) is 3.34. The largest absolute Gasteiger partial charge is 0.374 e. The topological polar surface area (TPSA) is 32.3 Å². The average Bonchev–Trinajstić information content (AvgIpc) is 2.99. The molecule has 0 saturated carbocycles. The summed E-state index contributed by atoms with van der Waals surface area (Å²) in [5.41, 5.74) is 2.90. The highest BCUT2D eigenvalue weighted by Gasteiger charge is 2.27. The highest BCUT2D eigenvalue weighted by Crippen LogP contribution is 2.29. The van der Waals surface area contributed by atoms with Gasteiger partial charge in [-0.15, -0.1) is 0 Å². The fourth-order valence-electron chi connectivity index (χ4n) is 2.85. The zero-order valence-corrected chi connectivity index (χ0v) is 14.0. The number of hydrogen-bond acceptors (Lipinski definition) is 3. The maximum absolute atomic E-state index is 12.7. The third kappa shape index (κ3) is 3.70. The lowest BCUT2D eigenvalue weighted by atomic mass is 10.2. The van der Waals surface area contributed by atoms with Crippen LogP contribution in [-0.2, 0) is 11.2 Å². The third-order valence-corrected chi connectivity index (χ3v) is 4.71. The Morgan fingerprint density at radius 3 is 2.58 bits per heavy atom. The van der Waals surface area contributed by atoms with Crippen molar-refractivity contribution in [2.75, 3.05) is 16.8 Å². The summed E-state index contributed by atoms with van der Waals surface area (Å²) >= 11 is 0.509. The molecule has 126 valence electrons. The zero-order chi connectivity index (χ0) is 17.1. The van der Waals surface area contributed by atoms with Crippen LogP contribution < -0.4 is 10.2 Å². The van der Waals surface area contributed by atoms with Crippen molar-refractivity contribution in [1.29, 1.82) is 0 Å². The molecule has 0 bridgehead atoms. The van der Waals surface area contributed by atoms with Crippen LogP contribution in [0.1, 0.15) is 12.5 Å². The summed E-state index contributed by atoms with van der Waals surface area (Å²) in [4.78, 5) is 15.0. The molecule has 1 heterocycles. The number of anilines is 2. The third-order valence-electron chi connectivity index (χ3n) is 3.99. The summed E-state index contributed by atoms with van der Waals surface area (Å²) < 4.78 is 24.7. The molecular weight excluding hydrogens is 330 g/mol.